The van der Waals surface area contributed by atoms with E-state index in [9.17, 15) is 9.59 Å². The van der Waals surface area contributed by atoms with E-state index in [1.54, 1.807) is 6.20 Å². The van der Waals surface area contributed by atoms with Gasteiger partial charge >= 0.3 is 5.97 Å². The summed E-state index contributed by atoms with van der Waals surface area (Å²) in [6, 6.07) is 4.05. The standard InChI is InChI=1S/C26H31NO3/c1-16(28)30-19-8-10-25(2)18(13-19)6-7-20-21(25)9-11-26(3)22(14-23(29)24(20)26)17-5-4-12-27-15-17/h4-6,12,14-15,19-21,24H,7-11,13H2,1-3H3/t19-,20+,21-,24+,25-,26+/m0/s1. The summed E-state index contributed by atoms with van der Waals surface area (Å²) in [5.74, 6) is 1.10. The van der Waals surface area contributed by atoms with Crippen LogP contribution in [0.1, 0.15) is 64.9 Å². The first-order valence-corrected chi connectivity index (χ1v) is 11.4. The number of fused-ring (bicyclic) bond motifs is 5. The van der Waals surface area contributed by atoms with Crippen molar-refractivity contribution >= 4 is 17.3 Å². The fraction of sp³-hybridized carbons (Fsp3) is 0.577. The van der Waals surface area contributed by atoms with E-state index in [2.05, 4.69) is 31.0 Å². The molecule has 6 atom stereocenters. The van der Waals surface area contributed by atoms with Crippen molar-refractivity contribution in [2.45, 2.75) is 65.4 Å². The van der Waals surface area contributed by atoms with Gasteiger partial charge in [-0.2, -0.15) is 0 Å². The molecule has 0 bridgehead atoms. The number of nitrogens with zero attached hydrogens (tertiary/aromatic N) is 1. The van der Waals surface area contributed by atoms with E-state index in [1.807, 2.05) is 18.3 Å². The quantitative estimate of drug-likeness (QED) is 0.504. The Bertz CT molecular complexity index is 948. The first-order valence-electron chi connectivity index (χ1n) is 11.4. The summed E-state index contributed by atoms with van der Waals surface area (Å²) in [5.41, 5.74) is 3.75. The van der Waals surface area contributed by atoms with E-state index >= 15 is 0 Å². The van der Waals surface area contributed by atoms with E-state index < -0.39 is 0 Å². The minimum Gasteiger partial charge on any atom is -0.462 e. The SMILES string of the molecule is CC(=O)O[C@H]1CC[C@@]2(C)C(=CC[C@@H]3[C@@H]2CC[C@]2(C)C(c4cccnc4)=CC(=O)[C@@H]32)C1. The second-order valence-electron chi connectivity index (χ2n) is 10.3. The summed E-state index contributed by atoms with van der Waals surface area (Å²) in [5, 5.41) is 0. The summed E-state index contributed by atoms with van der Waals surface area (Å²) in [4.78, 5) is 29.0. The van der Waals surface area contributed by atoms with Crippen LogP contribution in [-0.4, -0.2) is 22.8 Å². The molecule has 1 aromatic rings. The average Bonchev–Trinajstić information content (AvgIpc) is 2.99. The van der Waals surface area contributed by atoms with Gasteiger partial charge in [0.15, 0.2) is 5.78 Å². The molecule has 0 aromatic carbocycles. The molecule has 0 unspecified atom stereocenters. The average molecular weight is 406 g/mol. The number of carbonyl (C=O) groups excluding carboxylic acids is 2. The Balaban J connectivity index is 1.45. The second-order valence-corrected chi connectivity index (χ2v) is 10.3. The molecule has 1 aromatic heterocycles. The molecule has 0 radical (unpaired) electrons. The molecule has 4 nitrogen and oxygen atoms in total. The molecule has 30 heavy (non-hydrogen) atoms. The normalized spacial score (nSPS) is 39.9. The second kappa shape index (κ2) is 6.90. The lowest BCUT2D eigenvalue weighted by Crippen LogP contribution is -2.51. The molecule has 0 aliphatic heterocycles. The molecule has 0 amide bonds. The van der Waals surface area contributed by atoms with Crippen LogP contribution in [0.15, 0.2) is 42.3 Å². The largest absolute Gasteiger partial charge is 0.462 e. The molecule has 2 saturated carbocycles. The highest BCUT2D eigenvalue weighted by Crippen LogP contribution is 2.65. The molecular formula is C26H31NO3. The van der Waals surface area contributed by atoms with Gasteiger partial charge < -0.3 is 4.74 Å². The van der Waals surface area contributed by atoms with Crippen molar-refractivity contribution in [1.82, 2.24) is 4.98 Å². The number of aromatic nitrogens is 1. The third-order valence-electron chi connectivity index (χ3n) is 8.74. The molecule has 5 rings (SSSR count). The van der Waals surface area contributed by atoms with Crippen molar-refractivity contribution in [1.29, 1.82) is 0 Å². The van der Waals surface area contributed by atoms with Crippen LogP contribution < -0.4 is 0 Å². The third kappa shape index (κ3) is 2.83. The monoisotopic (exact) mass is 405 g/mol. The maximum absolute atomic E-state index is 13.3. The molecule has 1 heterocycles. The van der Waals surface area contributed by atoms with E-state index in [-0.39, 0.29) is 28.8 Å². The lowest BCUT2D eigenvalue weighted by molar-refractivity contribution is -0.149. The summed E-state index contributed by atoms with van der Waals surface area (Å²) in [6.45, 7) is 6.20. The highest BCUT2D eigenvalue weighted by atomic mass is 16.5. The van der Waals surface area contributed by atoms with Crippen LogP contribution in [0.2, 0.25) is 0 Å². The molecule has 2 fully saturated rings. The predicted molar refractivity (Wildman–Crippen MR) is 115 cm³/mol. The van der Waals surface area contributed by atoms with Crippen molar-refractivity contribution < 1.29 is 14.3 Å². The van der Waals surface area contributed by atoms with Crippen molar-refractivity contribution in [3.05, 3.63) is 47.8 Å². The summed E-state index contributed by atoms with van der Waals surface area (Å²) in [7, 11) is 0. The Morgan fingerprint density at radius 3 is 2.73 bits per heavy atom. The van der Waals surface area contributed by atoms with Crippen molar-refractivity contribution in [2.75, 3.05) is 0 Å². The van der Waals surface area contributed by atoms with Crippen molar-refractivity contribution in [3.8, 4) is 0 Å². The predicted octanol–water partition coefficient (Wildman–Crippen LogP) is 5.15. The van der Waals surface area contributed by atoms with E-state index in [0.29, 0.717) is 17.6 Å². The third-order valence-corrected chi connectivity index (χ3v) is 8.74. The first kappa shape index (κ1) is 19.7. The summed E-state index contributed by atoms with van der Waals surface area (Å²) >= 11 is 0. The van der Waals surface area contributed by atoms with Gasteiger partial charge in [0, 0.05) is 37.1 Å². The minimum absolute atomic E-state index is 0.0131. The van der Waals surface area contributed by atoms with E-state index in [4.69, 9.17) is 4.74 Å². The number of hydrogen-bond acceptors (Lipinski definition) is 4. The number of ketones is 1. The van der Waals surface area contributed by atoms with Gasteiger partial charge in [-0.1, -0.05) is 31.6 Å². The zero-order chi connectivity index (χ0) is 21.1. The van der Waals surface area contributed by atoms with Gasteiger partial charge in [0.25, 0.3) is 0 Å². The fourth-order valence-electron chi connectivity index (χ4n) is 7.34. The first-order chi connectivity index (χ1) is 14.3. The topological polar surface area (TPSA) is 56.3 Å². The van der Waals surface area contributed by atoms with Gasteiger partial charge in [-0.05, 0) is 72.6 Å². The number of pyridine rings is 1. The minimum atomic E-state index is -0.183. The van der Waals surface area contributed by atoms with Crippen LogP contribution >= 0.6 is 0 Å². The number of allylic oxidation sites excluding steroid dienone is 3. The molecule has 0 saturated heterocycles. The van der Waals surface area contributed by atoms with Crippen molar-refractivity contribution in [2.24, 2.45) is 28.6 Å². The molecular weight excluding hydrogens is 374 g/mol. The zero-order valence-electron chi connectivity index (χ0n) is 18.2. The molecule has 4 aliphatic carbocycles. The highest BCUT2D eigenvalue weighted by Gasteiger charge is 2.59. The maximum Gasteiger partial charge on any atom is 0.302 e. The van der Waals surface area contributed by atoms with Gasteiger partial charge in [0.05, 0.1) is 0 Å². The number of hydrogen-bond donors (Lipinski definition) is 0. The van der Waals surface area contributed by atoms with E-state index in [0.717, 1.165) is 44.1 Å². The summed E-state index contributed by atoms with van der Waals surface area (Å²) < 4.78 is 5.54. The van der Waals surface area contributed by atoms with Gasteiger partial charge in [0.1, 0.15) is 6.10 Å². The fourth-order valence-corrected chi connectivity index (χ4v) is 7.34. The van der Waals surface area contributed by atoms with Crippen LogP contribution in [-0.2, 0) is 14.3 Å². The van der Waals surface area contributed by atoms with Crippen LogP contribution in [0, 0.1) is 28.6 Å². The lowest BCUT2D eigenvalue weighted by atomic mass is 9.47. The highest BCUT2D eigenvalue weighted by molar-refractivity contribution is 6.06. The number of ether oxygens (including phenoxy) is 1. The molecule has 4 heteroatoms. The molecule has 0 N–H and O–H groups in total. The van der Waals surface area contributed by atoms with Gasteiger partial charge in [-0.3, -0.25) is 14.6 Å². The van der Waals surface area contributed by atoms with Gasteiger partial charge in [-0.15, -0.1) is 0 Å². The Morgan fingerprint density at radius 1 is 1.20 bits per heavy atom. The Morgan fingerprint density at radius 2 is 2.00 bits per heavy atom. The molecule has 4 aliphatic rings. The number of esters is 1. The van der Waals surface area contributed by atoms with Gasteiger partial charge in [-0.25, -0.2) is 0 Å². The molecule has 158 valence electrons. The Hall–Kier alpha value is -2.23. The number of carbonyl (C=O) groups is 2. The summed E-state index contributed by atoms with van der Waals surface area (Å²) in [6.07, 6.45) is 14.0. The lowest BCUT2D eigenvalue weighted by Gasteiger charge is -2.57. The molecule has 0 spiro atoms. The van der Waals surface area contributed by atoms with Crippen LogP contribution in [0.25, 0.3) is 5.57 Å². The van der Waals surface area contributed by atoms with Gasteiger partial charge in [0.2, 0.25) is 0 Å². The van der Waals surface area contributed by atoms with Crippen LogP contribution in [0.4, 0.5) is 0 Å². The maximum atomic E-state index is 13.3. The Kier molecular flexibility index (Phi) is 4.53. The number of rotatable bonds is 2. The van der Waals surface area contributed by atoms with E-state index in [1.165, 1.54) is 18.1 Å². The Labute approximate surface area is 178 Å². The van der Waals surface area contributed by atoms with Crippen LogP contribution in [0.5, 0.6) is 0 Å². The zero-order valence-corrected chi connectivity index (χ0v) is 18.2. The van der Waals surface area contributed by atoms with Crippen molar-refractivity contribution in [3.63, 3.8) is 0 Å². The van der Waals surface area contributed by atoms with Crippen LogP contribution in [0.3, 0.4) is 0 Å². The smallest absolute Gasteiger partial charge is 0.302 e.